The van der Waals surface area contributed by atoms with Gasteiger partial charge < -0.3 is 24.8 Å². The lowest BCUT2D eigenvalue weighted by molar-refractivity contribution is 0.0994. The van der Waals surface area contributed by atoms with Crippen molar-refractivity contribution in [2.75, 3.05) is 50.7 Å². The Morgan fingerprint density at radius 3 is 2.37 bits per heavy atom. The zero-order valence-corrected chi connectivity index (χ0v) is 30.5. The van der Waals surface area contributed by atoms with Crippen LogP contribution in [0.5, 0.6) is 5.75 Å². The number of piperidine rings is 1. The van der Waals surface area contributed by atoms with Crippen LogP contribution in [-0.2, 0) is 13.0 Å². The van der Waals surface area contributed by atoms with E-state index >= 15 is 0 Å². The van der Waals surface area contributed by atoms with Gasteiger partial charge in [-0.3, -0.25) is 19.5 Å². The van der Waals surface area contributed by atoms with Gasteiger partial charge in [0.2, 0.25) is 0 Å². The van der Waals surface area contributed by atoms with Gasteiger partial charge >= 0.3 is 0 Å². The summed E-state index contributed by atoms with van der Waals surface area (Å²) >= 11 is 6.23. The topological polar surface area (TPSA) is 147 Å². The van der Waals surface area contributed by atoms with E-state index in [2.05, 4.69) is 37.0 Å². The molecule has 3 aliphatic rings. The van der Waals surface area contributed by atoms with Crippen LogP contribution in [0.4, 0.5) is 5.82 Å². The maximum Gasteiger partial charge on any atom is 0.269 e. The number of aryl methyl sites for hydroxylation is 1. The summed E-state index contributed by atoms with van der Waals surface area (Å²) in [5.41, 5.74) is 9.74. The molecular formula is C39H46ClN9O3. The Bertz CT molecular complexity index is 1990. The van der Waals surface area contributed by atoms with Gasteiger partial charge in [-0.2, -0.15) is 5.26 Å². The summed E-state index contributed by atoms with van der Waals surface area (Å²) in [6, 6.07) is 15.0. The first-order chi connectivity index (χ1) is 25.3. The van der Waals surface area contributed by atoms with Gasteiger partial charge in [0.25, 0.3) is 11.5 Å². The van der Waals surface area contributed by atoms with E-state index in [4.69, 9.17) is 27.1 Å². The molecule has 1 aliphatic carbocycles. The fraction of sp³-hybridized carbons (Fsp3) is 0.487. The van der Waals surface area contributed by atoms with Crippen LogP contribution in [0.1, 0.15) is 78.7 Å². The number of aromatic nitrogens is 4. The van der Waals surface area contributed by atoms with Gasteiger partial charge in [0.1, 0.15) is 11.8 Å². The monoisotopic (exact) mass is 723 g/mol. The highest BCUT2D eigenvalue weighted by Crippen LogP contribution is 2.33. The number of ether oxygens (including phenoxy) is 1. The molecule has 3 fully saturated rings. The van der Waals surface area contributed by atoms with E-state index in [0.717, 1.165) is 119 Å². The van der Waals surface area contributed by atoms with E-state index in [9.17, 15) is 14.9 Å². The fourth-order valence-corrected chi connectivity index (χ4v) is 8.21. The number of nitrogens with two attached hydrogens (primary N) is 1. The van der Waals surface area contributed by atoms with Gasteiger partial charge in [-0.1, -0.05) is 18.5 Å². The van der Waals surface area contributed by atoms with Crippen LogP contribution in [0.25, 0.3) is 11.0 Å². The molecule has 1 aromatic carbocycles. The number of pyridine rings is 2. The number of anilines is 1. The molecule has 2 N–H and O–H groups in total. The standard InChI is InChI=1S/C39H46ClN9O3/c1-2-28-20-35-36(49(39(28)51)30-4-7-31(8-5-30)52-32-6-3-29(22-41)33(40)21-32)19-27(23-43-35)25-47-17-15-46(16-18-47)24-26-11-13-48(14-12-26)37-10-9-34(38(42)50)44-45-37/h3,6,9-10,19-21,23,26,30-31H,2,4-5,7-8,11-18,24-25H2,1H3,(H2,42,50). The molecule has 0 atom stereocenters. The second kappa shape index (κ2) is 16.0. The van der Waals surface area contributed by atoms with Crippen LogP contribution in [0.3, 0.4) is 0 Å². The number of carbonyl (C=O) groups is 1. The lowest BCUT2D eigenvalue weighted by atomic mass is 9.92. The maximum atomic E-state index is 13.8. The van der Waals surface area contributed by atoms with Crippen LogP contribution in [-0.4, -0.2) is 87.4 Å². The molecule has 0 spiro atoms. The van der Waals surface area contributed by atoms with Gasteiger partial charge in [-0.25, -0.2) is 0 Å². The zero-order chi connectivity index (χ0) is 36.2. The average molecular weight is 724 g/mol. The summed E-state index contributed by atoms with van der Waals surface area (Å²) in [6.45, 7) is 9.85. The summed E-state index contributed by atoms with van der Waals surface area (Å²) in [7, 11) is 0. The number of hydrogen-bond donors (Lipinski definition) is 1. The number of halogens is 1. The van der Waals surface area contributed by atoms with Gasteiger partial charge in [0.15, 0.2) is 11.5 Å². The van der Waals surface area contributed by atoms with Crippen molar-refractivity contribution in [2.24, 2.45) is 11.7 Å². The highest BCUT2D eigenvalue weighted by atomic mass is 35.5. The van der Waals surface area contributed by atoms with Gasteiger partial charge in [-0.15, -0.1) is 10.2 Å². The number of hydrogen-bond acceptors (Lipinski definition) is 10. The normalized spacial score (nSPS) is 20.5. The summed E-state index contributed by atoms with van der Waals surface area (Å²) in [5.74, 6) is 1.55. The number of carbonyl (C=O) groups excluding carboxylic acids is 1. The molecule has 3 aromatic heterocycles. The number of amides is 1. The Balaban J connectivity index is 0.938. The quantitative estimate of drug-likeness (QED) is 0.238. The number of rotatable bonds is 10. The molecule has 52 heavy (non-hydrogen) atoms. The minimum atomic E-state index is -0.561. The molecule has 0 bridgehead atoms. The summed E-state index contributed by atoms with van der Waals surface area (Å²) in [5, 5.41) is 17.8. The van der Waals surface area contributed by atoms with Crippen LogP contribution < -0.4 is 20.9 Å². The van der Waals surface area contributed by atoms with Crippen LogP contribution in [0.15, 0.2) is 53.5 Å². The predicted molar refractivity (Wildman–Crippen MR) is 201 cm³/mol. The van der Waals surface area contributed by atoms with E-state index < -0.39 is 5.91 Å². The predicted octanol–water partition coefficient (Wildman–Crippen LogP) is 4.97. The largest absolute Gasteiger partial charge is 0.490 e. The highest BCUT2D eigenvalue weighted by Gasteiger charge is 2.28. The molecule has 272 valence electrons. The molecule has 13 heteroatoms. The first kappa shape index (κ1) is 35.8. The number of nitriles is 1. The lowest BCUT2D eigenvalue weighted by Gasteiger charge is -2.39. The molecule has 1 amide bonds. The van der Waals surface area contributed by atoms with E-state index in [1.165, 1.54) is 0 Å². The third-order valence-electron chi connectivity index (χ3n) is 11.0. The van der Waals surface area contributed by atoms with Gasteiger partial charge in [-0.05, 0) is 92.8 Å². The average Bonchev–Trinajstić information content (AvgIpc) is 3.16. The highest BCUT2D eigenvalue weighted by molar-refractivity contribution is 6.31. The molecule has 4 aromatic rings. The van der Waals surface area contributed by atoms with Crippen molar-refractivity contribution in [3.05, 3.63) is 86.4 Å². The van der Waals surface area contributed by atoms with Crippen molar-refractivity contribution in [1.29, 1.82) is 5.26 Å². The smallest absolute Gasteiger partial charge is 0.269 e. The minimum Gasteiger partial charge on any atom is -0.490 e. The van der Waals surface area contributed by atoms with E-state index in [0.29, 0.717) is 28.7 Å². The molecule has 2 saturated heterocycles. The van der Waals surface area contributed by atoms with E-state index in [1.54, 1.807) is 24.3 Å². The number of primary amides is 1. The van der Waals surface area contributed by atoms with Crippen LogP contribution >= 0.6 is 11.6 Å². The molecular weight excluding hydrogens is 678 g/mol. The Kier molecular flexibility index (Phi) is 11.0. The van der Waals surface area contributed by atoms with Crippen molar-refractivity contribution in [3.63, 3.8) is 0 Å². The third-order valence-corrected chi connectivity index (χ3v) is 11.3. The number of fused-ring (bicyclic) bond motifs is 1. The molecule has 2 aliphatic heterocycles. The summed E-state index contributed by atoms with van der Waals surface area (Å²) < 4.78 is 8.26. The van der Waals surface area contributed by atoms with Gasteiger partial charge in [0.05, 0.1) is 27.7 Å². The van der Waals surface area contributed by atoms with Crippen LogP contribution in [0.2, 0.25) is 5.02 Å². The second-order valence-electron chi connectivity index (χ2n) is 14.4. The number of nitrogens with zero attached hydrogens (tertiary/aromatic N) is 8. The van der Waals surface area contributed by atoms with Crippen molar-refractivity contribution >= 4 is 34.4 Å². The van der Waals surface area contributed by atoms with E-state index in [-0.39, 0.29) is 23.4 Å². The number of piperazine rings is 1. The molecule has 0 unspecified atom stereocenters. The maximum absolute atomic E-state index is 13.8. The van der Waals surface area contributed by atoms with E-state index in [1.807, 2.05) is 29.8 Å². The molecule has 0 radical (unpaired) electrons. The van der Waals surface area contributed by atoms with Crippen molar-refractivity contribution in [2.45, 2.75) is 70.6 Å². The first-order valence-electron chi connectivity index (χ1n) is 18.5. The lowest BCUT2D eigenvalue weighted by Crippen LogP contribution is -2.48. The van der Waals surface area contributed by atoms with Crippen molar-refractivity contribution in [1.82, 2.24) is 29.5 Å². The van der Waals surface area contributed by atoms with Crippen molar-refractivity contribution in [3.8, 4) is 11.8 Å². The summed E-state index contributed by atoms with van der Waals surface area (Å²) in [4.78, 5) is 37.4. The Hall–Kier alpha value is -4.57. The number of benzene rings is 1. The molecule has 12 nitrogen and oxygen atoms in total. The molecule has 7 rings (SSSR count). The second-order valence-corrected chi connectivity index (χ2v) is 14.8. The Morgan fingerprint density at radius 2 is 1.71 bits per heavy atom. The van der Waals surface area contributed by atoms with Gasteiger partial charge in [0, 0.05) is 76.2 Å². The molecule has 5 heterocycles. The first-order valence-corrected chi connectivity index (χ1v) is 18.9. The minimum absolute atomic E-state index is 0.0281. The van der Waals surface area contributed by atoms with Crippen molar-refractivity contribution < 1.29 is 9.53 Å². The Labute approximate surface area is 309 Å². The fourth-order valence-electron chi connectivity index (χ4n) is 8.00. The molecule has 1 saturated carbocycles. The zero-order valence-electron chi connectivity index (χ0n) is 29.7. The Morgan fingerprint density at radius 1 is 0.962 bits per heavy atom. The third kappa shape index (κ3) is 8.07. The SMILES string of the molecule is CCc1cc2ncc(CN3CCN(CC4CCN(c5ccc(C(N)=O)nn5)CC4)CC3)cc2n(C2CCC(Oc3ccc(C#N)c(Cl)c3)CC2)c1=O. The summed E-state index contributed by atoms with van der Waals surface area (Å²) in [6.07, 6.45) is 8.19. The van der Waals surface area contributed by atoms with Crippen LogP contribution in [0, 0.1) is 17.2 Å².